The monoisotopic (exact) mass is 163 g/mol. The maximum absolute atomic E-state index is 11.2. The minimum Gasteiger partial charge on any atom is -0.314 e. The van der Waals surface area contributed by atoms with Crippen molar-refractivity contribution >= 4 is 5.65 Å². The predicted octanol–water partition coefficient (Wildman–Crippen LogP) is 0.585. The number of rotatable bonds is 1. The van der Waals surface area contributed by atoms with E-state index in [0.717, 1.165) is 12.1 Å². The number of imidazole rings is 1. The first-order valence-electron chi connectivity index (χ1n) is 3.87. The highest BCUT2D eigenvalue weighted by Gasteiger charge is 1.99. The van der Waals surface area contributed by atoms with Gasteiger partial charge in [0.05, 0.1) is 5.69 Å². The Labute approximate surface area is 68.9 Å². The molecule has 0 saturated heterocycles. The SMILES string of the molecule is CCc1cn2c(=O)[nH]ccc2n1. The predicted molar refractivity (Wildman–Crippen MR) is 45.2 cm³/mol. The van der Waals surface area contributed by atoms with Gasteiger partial charge in [-0.25, -0.2) is 9.78 Å². The van der Waals surface area contributed by atoms with Crippen LogP contribution in [0.2, 0.25) is 0 Å². The third-order valence-electron chi connectivity index (χ3n) is 1.80. The van der Waals surface area contributed by atoms with Crippen molar-refractivity contribution in [3.63, 3.8) is 0 Å². The van der Waals surface area contributed by atoms with Crippen LogP contribution in [-0.4, -0.2) is 14.4 Å². The van der Waals surface area contributed by atoms with Crippen LogP contribution in [0.5, 0.6) is 0 Å². The zero-order chi connectivity index (χ0) is 8.55. The van der Waals surface area contributed by atoms with Gasteiger partial charge in [-0.3, -0.25) is 4.40 Å². The fraction of sp³-hybridized carbons (Fsp3) is 0.250. The Morgan fingerprint density at radius 1 is 1.67 bits per heavy atom. The molecule has 0 atom stereocenters. The van der Waals surface area contributed by atoms with Gasteiger partial charge in [-0.05, 0) is 12.5 Å². The molecule has 0 saturated carbocycles. The summed E-state index contributed by atoms with van der Waals surface area (Å²) in [6.45, 7) is 2.01. The Morgan fingerprint density at radius 2 is 2.50 bits per heavy atom. The molecule has 2 aromatic heterocycles. The fourth-order valence-electron chi connectivity index (χ4n) is 1.15. The summed E-state index contributed by atoms with van der Waals surface area (Å²) in [5.74, 6) is 0. The lowest BCUT2D eigenvalue weighted by molar-refractivity contribution is 0.998. The van der Waals surface area contributed by atoms with Crippen LogP contribution in [0.25, 0.3) is 5.65 Å². The fourth-order valence-corrected chi connectivity index (χ4v) is 1.15. The van der Waals surface area contributed by atoms with Gasteiger partial charge in [0, 0.05) is 12.4 Å². The molecule has 2 heterocycles. The quantitative estimate of drug-likeness (QED) is 0.668. The summed E-state index contributed by atoms with van der Waals surface area (Å²) in [5.41, 5.74) is 1.50. The molecule has 0 amide bonds. The van der Waals surface area contributed by atoms with E-state index in [1.165, 1.54) is 4.40 Å². The Balaban J connectivity index is 2.83. The second kappa shape index (κ2) is 2.48. The molecule has 2 rings (SSSR count). The van der Waals surface area contributed by atoms with E-state index in [4.69, 9.17) is 0 Å². The van der Waals surface area contributed by atoms with Crippen LogP contribution in [0.15, 0.2) is 23.3 Å². The van der Waals surface area contributed by atoms with Crippen LogP contribution in [0.1, 0.15) is 12.6 Å². The molecule has 12 heavy (non-hydrogen) atoms. The van der Waals surface area contributed by atoms with Gasteiger partial charge in [0.1, 0.15) is 5.65 Å². The number of hydrogen-bond acceptors (Lipinski definition) is 2. The molecule has 0 fully saturated rings. The summed E-state index contributed by atoms with van der Waals surface area (Å²) < 4.78 is 1.51. The highest BCUT2D eigenvalue weighted by Crippen LogP contribution is 2.00. The lowest BCUT2D eigenvalue weighted by Gasteiger charge is -1.86. The summed E-state index contributed by atoms with van der Waals surface area (Å²) in [4.78, 5) is 18.0. The van der Waals surface area contributed by atoms with Crippen LogP contribution in [0.3, 0.4) is 0 Å². The molecule has 1 N–H and O–H groups in total. The van der Waals surface area contributed by atoms with Crippen molar-refractivity contribution < 1.29 is 0 Å². The number of fused-ring (bicyclic) bond motifs is 1. The Morgan fingerprint density at radius 3 is 3.17 bits per heavy atom. The molecule has 0 bridgehead atoms. The minimum absolute atomic E-state index is 0.139. The summed E-state index contributed by atoms with van der Waals surface area (Å²) in [6, 6.07) is 1.78. The van der Waals surface area contributed by atoms with Crippen molar-refractivity contribution in [2.45, 2.75) is 13.3 Å². The highest BCUT2D eigenvalue weighted by molar-refractivity contribution is 5.37. The third-order valence-corrected chi connectivity index (χ3v) is 1.80. The van der Waals surface area contributed by atoms with Gasteiger partial charge in [0.15, 0.2) is 0 Å². The minimum atomic E-state index is -0.139. The first kappa shape index (κ1) is 7.09. The van der Waals surface area contributed by atoms with E-state index in [-0.39, 0.29) is 5.69 Å². The molecule has 0 aliphatic rings. The first-order chi connectivity index (χ1) is 5.81. The number of H-pyrrole nitrogens is 1. The average Bonchev–Trinajstić information content (AvgIpc) is 2.49. The molecule has 4 heteroatoms. The molecule has 0 unspecified atom stereocenters. The molecule has 62 valence electrons. The summed E-state index contributed by atoms with van der Waals surface area (Å²) in [6.07, 6.45) is 4.21. The maximum atomic E-state index is 11.2. The van der Waals surface area contributed by atoms with Gasteiger partial charge >= 0.3 is 5.69 Å². The molecular formula is C8H9N3O. The van der Waals surface area contributed by atoms with E-state index in [1.807, 2.05) is 6.92 Å². The standard InChI is InChI=1S/C8H9N3O/c1-2-6-5-11-7(10-6)3-4-9-8(11)12/h3-5H,2H2,1H3,(H,9,12). The first-order valence-corrected chi connectivity index (χ1v) is 3.87. The third kappa shape index (κ3) is 0.922. The van der Waals surface area contributed by atoms with Crippen molar-refractivity contribution in [2.75, 3.05) is 0 Å². The van der Waals surface area contributed by atoms with Crippen molar-refractivity contribution in [1.82, 2.24) is 14.4 Å². The normalized spacial score (nSPS) is 10.8. The van der Waals surface area contributed by atoms with E-state index in [0.29, 0.717) is 5.65 Å². The van der Waals surface area contributed by atoms with Crippen LogP contribution in [-0.2, 0) is 6.42 Å². The van der Waals surface area contributed by atoms with Crippen LogP contribution >= 0.6 is 0 Å². The number of aromatic nitrogens is 3. The maximum Gasteiger partial charge on any atom is 0.331 e. The van der Waals surface area contributed by atoms with Crippen molar-refractivity contribution in [3.8, 4) is 0 Å². The molecule has 0 aliphatic heterocycles. The van der Waals surface area contributed by atoms with Crippen LogP contribution < -0.4 is 5.69 Å². The molecule has 4 nitrogen and oxygen atoms in total. The molecule has 0 spiro atoms. The molecule has 0 radical (unpaired) electrons. The number of aromatic amines is 1. The number of hydrogen-bond donors (Lipinski definition) is 1. The summed E-state index contributed by atoms with van der Waals surface area (Å²) >= 11 is 0. The van der Waals surface area contributed by atoms with E-state index in [9.17, 15) is 4.79 Å². The second-order valence-corrected chi connectivity index (χ2v) is 2.60. The zero-order valence-electron chi connectivity index (χ0n) is 6.74. The molecule has 0 aliphatic carbocycles. The van der Waals surface area contributed by atoms with E-state index < -0.39 is 0 Å². The van der Waals surface area contributed by atoms with Gasteiger partial charge < -0.3 is 4.98 Å². The van der Waals surface area contributed by atoms with Gasteiger partial charge in [-0.15, -0.1) is 0 Å². The molecule has 2 aromatic rings. The van der Waals surface area contributed by atoms with Crippen molar-refractivity contribution in [1.29, 1.82) is 0 Å². The Kier molecular flexibility index (Phi) is 1.46. The number of nitrogens with one attached hydrogen (secondary N) is 1. The largest absolute Gasteiger partial charge is 0.331 e. The second-order valence-electron chi connectivity index (χ2n) is 2.60. The lowest BCUT2D eigenvalue weighted by Crippen LogP contribution is -2.13. The zero-order valence-corrected chi connectivity index (χ0v) is 6.74. The molecule has 0 aromatic carbocycles. The topological polar surface area (TPSA) is 50.2 Å². The lowest BCUT2D eigenvalue weighted by atomic mass is 10.4. The number of aryl methyl sites for hydroxylation is 1. The van der Waals surface area contributed by atoms with Crippen LogP contribution in [0, 0.1) is 0 Å². The average molecular weight is 163 g/mol. The van der Waals surface area contributed by atoms with Gasteiger partial charge in [-0.1, -0.05) is 6.92 Å². The van der Waals surface area contributed by atoms with Gasteiger partial charge in [0.2, 0.25) is 0 Å². The van der Waals surface area contributed by atoms with Crippen LogP contribution in [0.4, 0.5) is 0 Å². The smallest absolute Gasteiger partial charge is 0.314 e. The number of nitrogens with zero attached hydrogens (tertiary/aromatic N) is 2. The van der Waals surface area contributed by atoms with E-state index in [2.05, 4.69) is 9.97 Å². The Bertz CT molecular complexity index is 455. The van der Waals surface area contributed by atoms with E-state index >= 15 is 0 Å². The molecular weight excluding hydrogens is 154 g/mol. The Hall–Kier alpha value is -1.58. The summed E-state index contributed by atoms with van der Waals surface area (Å²) in [5, 5.41) is 0. The van der Waals surface area contributed by atoms with E-state index in [1.54, 1.807) is 18.5 Å². The summed E-state index contributed by atoms with van der Waals surface area (Å²) in [7, 11) is 0. The van der Waals surface area contributed by atoms with Gasteiger partial charge in [0.25, 0.3) is 0 Å². The van der Waals surface area contributed by atoms with Gasteiger partial charge in [-0.2, -0.15) is 0 Å². The van der Waals surface area contributed by atoms with Crippen molar-refractivity contribution in [2.24, 2.45) is 0 Å². The highest BCUT2D eigenvalue weighted by atomic mass is 16.1. The van der Waals surface area contributed by atoms with Crippen molar-refractivity contribution in [3.05, 3.63) is 34.6 Å².